The second-order valence-electron chi connectivity index (χ2n) is 0.354. The van der Waals surface area contributed by atoms with Crippen molar-refractivity contribution >= 4 is 0 Å². The normalized spacial score (nSPS) is 4.50. The molecule has 0 rings (SSSR count). The van der Waals surface area contributed by atoms with Gasteiger partial charge < -0.3 is 5.73 Å². The van der Waals surface area contributed by atoms with E-state index in [4.69, 9.17) is 5.73 Å². The van der Waals surface area contributed by atoms with Crippen molar-refractivity contribution in [2.45, 2.75) is 6.92 Å². The van der Waals surface area contributed by atoms with Gasteiger partial charge in [-0.05, 0) is 0 Å². The van der Waals surface area contributed by atoms with Gasteiger partial charge in [-0.25, -0.2) is 0 Å². The smallest absolute Gasteiger partial charge is 0.678 e. The van der Waals surface area contributed by atoms with E-state index in [9.17, 15) is 0 Å². The van der Waals surface area contributed by atoms with Crippen LogP contribution in [0, 0.1) is 0 Å². The standard InChI is InChI=1S/C2H6N.Cs/c1-2-3;/h3H,2H2,1H3;/q-1;+1. The summed E-state index contributed by atoms with van der Waals surface area (Å²) in [5.74, 6) is 0. The van der Waals surface area contributed by atoms with Crippen LogP contribution >= 0.6 is 0 Å². The molecule has 0 amide bonds. The van der Waals surface area contributed by atoms with Gasteiger partial charge >= 0.3 is 68.9 Å². The second-order valence-corrected chi connectivity index (χ2v) is 0.354. The molecule has 4 heavy (non-hydrogen) atoms. The zero-order valence-electron chi connectivity index (χ0n) is 3.21. The Kier molecular flexibility index (Phi) is 20.9. The van der Waals surface area contributed by atoms with E-state index in [2.05, 4.69) is 0 Å². The third kappa shape index (κ3) is 8.99. The Morgan fingerprint density at radius 3 is 1.75 bits per heavy atom. The van der Waals surface area contributed by atoms with Crippen molar-refractivity contribution in [2.75, 3.05) is 6.54 Å². The van der Waals surface area contributed by atoms with E-state index in [1.807, 2.05) is 0 Å². The summed E-state index contributed by atoms with van der Waals surface area (Å²) in [5, 5.41) is 0. The molecule has 0 aliphatic rings. The quantitative estimate of drug-likeness (QED) is 0.411. The van der Waals surface area contributed by atoms with Crippen LogP contribution in [0.5, 0.6) is 0 Å². The summed E-state index contributed by atoms with van der Waals surface area (Å²) in [4.78, 5) is 0. The van der Waals surface area contributed by atoms with Crippen molar-refractivity contribution in [1.29, 1.82) is 0 Å². The topological polar surface area (TPSA) is 23.8 Å². The minimum atomic E-state index is 0. The first-order valence-electron chi connectivity index (χ1n) is 1.06. The number of hydrogen-bond donors (Lipinski definition) is 0. The van der Waals surface area contributed by atoms with Gasteiger partial charge in [-0.1, -0.05) is 6.92 Å². The van der Waals surface area contributed by atoms with Gasteiger partial charge in [0.15, 0.2) is 0 Å². The summed E-state index contributed by atoms with van der Waals surface area (Å²) < 4.78 is 0. The molecule has 0 atom stereocenters. The van der Waals surface area contributed by atoms with Crippen LogP contribution < -0.4 is 68.9 Å². The molecule has 0 aliphatic carbocycles. The molecule has 0 bridgehead atoms. The Balaban J connectivity index is 0. The molecule has 20 valence electrons. The van der Waals surface area contributed by atoms with Crippen molar-refractivity contribution in [1.82, 2.24) is 0 Å². The molecule has 0 saturated heterocycles. The molecule has 0 aromatic heterocycles. The summed E-state index contributed by atoms with van der Waals surface area (Å²) in [6, 6.07) is 0. The van der Waals surface area contributed by atoms with Crippen LogP contribution in [0.4, 0.5) is 0 Å². The van der Waals surface area contributed by atoms with E-state index in [0.717, 1.165) is 0 Å². The minimum Gasteiger partial charge on any atom is -0.678 e. The first-order valence-corrected chi connectivity index (χ1v) is 1.06. The van der Waals surface area contributed by atoms with Crippen molar-refractivity contribution in [3.05, 3.63) is 5.73 Å². The molecule has 0 unspecified atom stereocenters. The first-order chi connectivity index (χ1) is 1.41. The Labute approximate surface area is 85.7 Å². The second kappa shape index (κ2) is 8.89. The van der Waals surface area contributed by atoms with Gasteiger partial charge in [-0.15, -0.1) is 0 Å². The maximum Gasteiger partial charge on any atom is 1.00 e. The summed E-state index contributed by atoms with van der Waals surface area (Å²) in [5.41, 5.74) is 6.21. The van der Waals surface area contributed by atoms with Crippen LogP contribution in [0.1, 0.15) is 6.92 Å². The van der Waals surface area contributed by atoms with Gasteiger partial charge in [0.05, 0.1) is 0 Å². The molecule has 1 N–H and O–H groups in total. The number of nitrogens with one attached hydrogen (secondary N) is 1. The largest absolute Gasteiger partial charge is 1.00 e. The van der Waals surface area contributed by atoms with Crippen LogP contribution in [0.25, 0.3) is 5.73 Å². The fourth-order valence-electron chi connectivity index (χ4n) is 0. The SMILES string of the molecule is CC[NH-].[Cs+]. The summed E-state index contributed by atoms with van der Waals surface area (Å²) in [6.45, 7) is 2.29. The molecule has 2 heteroatoms. The van der Waals surface area contributed by atoms with Crippen molar-refractivity contribution in [3.8, 4) is 0 Å². The van der Waals surface area contributed by atoms with Crippen LogP contribution in [0.2, 0.25) is 0 Å². The van der Waals surface area contributed by atoms with Crippen LogP contribution in [-0.2, 0) is 0 Å². The van der Waals surface area contributed by atoms with Crippen LogP contribution in [0.15, 0.2) is 0 Å². The zero-order valence-corrected chi connectivity index (χ0v) is 9.49. The molecule has 0 spiro atoms. The predicted octanol–water partition coefficient (Wildman–Crippen LogP) is -1.94. The van der Waals surface area contributed by atoms with Crippen molar-refractivity contribution in [2.24, 2.45) is 0 Å². The van der Waals surface area contributed by atoms with Crippen LogP contribution in [0.3, 0.4) is 0 Å². The maximum absolute atomic E-state index is 6.21. The molecule has 0 saturated carbocycles. The molecular weight excluding hydrogens is 171 g/mol. The summed E-state index contributed by atoms with van der Waals surface area (Å²) in [6.07, 6.45) is 0. The van der Waals surface area contributed by atoms with Gasteiger partial charge in [0.1, 0.15) is 0 Å². The van der Waals surface area contributed by atoms with Gasteiger partial charge in [0.25, 0.3) is 0 Å². The van der Waals surface area contributed by atoms with Crippen molar-refractivity contribution < 1.29 is 68.9 Å². The van der Waals surface area contributed by atoms with E-state index in [0.29, 0.717) is 6.54 Å². The third-order valence-electron chi connectivity index (χ3n) is 0. The Morgan fingerprint density at radius 2 is 1.75 bits per heavy atom. The summed E-state index contributed by atoms with van der Waals surface area (Å²) >= 11 is 0. The molecule has 1 nitrogen and oxygen atoms in total. The fourth-order valence-corrected chi connectivity index (χ4v) is 0. The number of rotatable bonds is 0. The Hall–Kier alpha value is 2.01. The van der Waals surface area contributed by atoms with E-state index in [1.54, 1.807) is 6.92 Å². The van der Waals surface area contributed by atoms with E-state index in [-0.39, 0.29) is 68.9 Å². The predicted molar refractivity (Wildman–Crippen MR) is 14.9 cm³/mol. The number of hydrogen-bond acceptors (Lipinski definition) is 0. The zero-order chi connectivity index (χ0) is 2.71. The maximum atomic E-state index is 6.21. The van der Waals surface area contributed by atoms with Gasteiger partial charge in [-0.2, -0.15) is 6.54 Å². The van der Waals surface area contributed by atoms with Gasteiger partial charge in [0.2, 0.25) is 0 Å². The minimum absolute atomic E-state index is 0. The average Bonchev–Trinajstić information content (AvgIpc) is 0.918. The van der Waals surface area contributed by atoms with Gasteiger partial charge in [-0.3, -0.25) is 0 Å². The van der Waals surface area contributed by atoms with E-state index >= 15 is 0 Å². The summed E-state index contributed by atoms with van der Waals surface area (Å²) in [7, 11) is 0. The van der Waals surface area contributed by atoms with Crippen LogP contribution in [-0.4, -0.2) is 6.54 Å². The Morgan fingerprint density at radius 1 is 1.75 bits per heavy atom. The Bertz CT molecular complexity index is 6.00. The molecule has 0 heterocycles. The molecule has 0 fully saturated rings. The van der Waals surface area contributed by atoms with Crippen molar-refractivity contribution in [3.63, 3.8) is 0 Å². The van der Waals surface area contributed by atoms with Gasteiger partial charge in [0, 0.05) is 0 Å². The molecular formula is C2H6CsN. The van der Waals surface area contributed by atoms with E-state index < -0.39 is 0 Å². The fraction of sp³-hybridized carbons (Fsp3) is 1.00. The molecule has 0 radical (unpaired) electrons. The average molecular weight is 177 g/mol. The monoisotopic (exact) mass is 177 g/mol. The van der Waals surface area contributed by atoms with E-state index in [1.165, 1.54) is 0 Å². The molecule has 0 aromatic carbocycles. The first kappa shape index (κ1) is 9.38. The third-order valence-corrected chi connectivity index (χ3v) is 0. The molecule has 0 aromatic rings. The molecule has 0 aliphatic heterocycles.